The highest BCUT2D eigenvalue weighted by Gasteiger charge is 2.24. The van der Waals surface area contributed by atoms with E-state index >= 15 is 0 Å². The molecule has 126 valence electrons. The number of Topliss-reactive ketones (excluding diaryl/α,β-unsaturated/α-hetero) is 1. The van der Waals surface area contributed by atoms with E-state index in [9.17, 15) is 4.79 Å². The van der Waals surface area contributed by atoms with Crippen LogP contribution in [0.2, 0.25) is 0 Å². The van der Waals surface area contributed by atoms with Crippen molar-refractivity contribution < 1.29 is 14.3 Å². The number of carbonyl (C=O) groups is 1. The SMILES string of the molecule is COc1ccc(C(=O)C(CN(C)C)CN(C)C)c(OC)c1.Cl. The molecular formula is C16H27ClN2O3. The number of methoxy groups -OCH3 is 2. The Balaban J connectivity index is 0.00000441. The number of nitrogens with zero attached hydrogens (tertiary/aromatic N) is 2. The van der Waals surface area contributed by atoms with Crippen molar-refractivity contribution in [1.82, 2.24) is 9.80 Å². The van der Waals surface area contributed by atoms with E-state index in [1.807, 2.05) is 38.0 Å². The quantitative estimate of drug-likeness (QED) is 0.682. The Kier molecular flexibility index (Phi) is 9.09. The minimum absolute atomic E-state index is 0. The molecular weight excluding hydrogens is 304 g/mol. The van der Waals surface area contributed by atoms with Crippen LogP contribution in [0.25, 0.3) is 0 Å². The molecule has 0 N–H and O–H groups in total. The van der Waals surface area contributed by atoms with Crippen LogP contribution in [0.1, 0.15) is 10.4 Å². The number of ether oxygens (including phenoxy) is 2. The number of benzene rings is 1. The molecule has 0 radical (unpaired) electrons. The third-order valence-electron chi connectivity index (χ3n) is 3.22. The average Bonchev–Trinajstić information content (AvgIpc) is 2.44. The van der Waals surface area contributed by atoms with Crippen LogP contribution < -0.4 is 9.47 Å². The Morgan fingerprint density at radius 1 is 1.05 bits per heavy atom. The highest BCUT2D eigenvalue weighted by Crippen LogP contribution is 2.27. The number of hydrogen-bond donors (Lipinski definition) is 0. The van der Waals surface area contributed by atoms with Gasteiger partial charge in [-0.2, -0.15) is 0 Å². The maximum atomic E-state index is 12.8. The average molecular weight is 331 g/mol. The molecule has 0 unspecified atom stereocenters. The van der Waals surface area contributed by atoms with Crippen LogP contribution in [-0.4, -0.2) is 71.1 Å². The summed E-state index contributed by atoms with van der Waals surface area (Å²) in [5, 5.41) is 0. The fraction of sp³-hybridized carbons (Fsp3) is 0.562. The van der Waals surface area contributed by atoms with Gasteiger partial charge < -0.3 is 19.3 Å². The first-order valence-electron chi connectivity index (χ1n) is 6.94. The number of carbonyl (C=O) groups excluding carboxylic acids is 1. The number of rotatable bonds is 8. The molecule has 0 fully saturated rings. The van der Waals surface area contributed by atoms with Gasteiger partial charge in [-0.25, -0.2) is 0 Å². The standard InChI is InChI=1S/C16H26N2O3.ClH/c1-17(2)10-12(11-18(3)4)16(19)14-8-7-13(20-5)9-15(14)21-6;/h7-9,12H,10-11H2,1-6H3;1H. The lowest BCUT2D eigenvalue weighted by atomic mass is 9.95. The predicted molar refractivity (Wildman–Crippen MR) is 91.7 cm³/mol. The van der Waals surface area contributed by atoms with E-state index in [1.54, 1.807) is 32.4 Å². The van der Waals surface area contributed by atoms with E-state index in [2.05, 4.69) is 0 Å². The zero-order valence-electron chi connectivity index (χ0n) is 14.3. The van der Waals surface area contributed by atoms with E-state index in [4.69, 9.17) is 9.47 Å². The lowest BCUT2D eigenvalue weighted by molar-refractivity contribution is 0.0867. The molecule has 0 heterocycles. The molecule has 0 saturated heterocycles. The fourth-order valence-corrected chi connectivity index (χ4v) is 2.33. The Morgan fingerprint density at radius 2 is 1.59 bits per heavy atom. The Labute approximate surface area is 139 Å². The van der Waals surface area contributed by atoms with Gasteiger partial charge in [0.25, 0.3) is 0 Å². The van der Waals surface area contributed by atoms with E-state index in [0.29, 0.717) is 30.2 Å². The van der Waals surface area contributed by atoms with E-state index in [1.165, 1.54) is 0 Å². The number of hydrogen-bond acceptors (Lipinski definition) is 5. The van der Waals surface area contributed by atoms with E-state index in [-0.39, 0.29) is 24.1 Å². The molecule has 0 atom stereocenters. The Bertz CT molecular complexity index is 468. The monoisotopic (exact) mass is 330 g/mol. The lowest BCUT2D eigenvalue weighted by Gasteiger charge is -2.24. The maximum Gasteiger partial charge on any atom is 0.172 e. The van der Waals surface area contributed by atoms with Gasteiger partial charge in [0, 0.05) is 25.1 Å². The van der Waals surface area contributed by atoms with Gasteiger partial charge in [0.2, 0.25) is 0 Å². The van der Waals surface area contributed by atoms with Gasteiger partial charge in [-0.15, -0.1) is 12.4 Å². The van der Waals surface area contributed by atoms with Crippen molar-refractivity contribution in [2.24, 2.45) is 5.92 Å². The van der Waals surface area contributed by atoms with Crippen molar-refractivity contribution >= 4 is 18.2 Å². The smallest absolute Gasteiger partial charge is 0.172 e. The van der Waals surface area contributed by atoms with Gasteiger partial charge in [0.05, 0.1) is 19.8 Å². The lowest BCUT2D eigenvalue weighted by Crippen LogP contribution is -2.35. The van der Waals surface area contributed by atoms with Crippen molar-refractivity contribution in [2.75, 3.05) is 55.5 Å². The van der Waals surface area contributed by atoms with Crippen LogP contribution in [0.3, 0.4) is 0 Å². The first kappa shape index (κ1) is 20.7. The van der Waals surface area contributed by atoms with E-state index in [0.717, 1.165) is 0 Å². The zero-order chi connectivity index (χ0) is 16.0. The minimum atomic E-state index is -0.0997. The molecule has 0 aliphatic carbocycles. The van der Waals surface area contributed by atoms with Crippen molar-refractivity contribution in [2.45, 2.75) is 0 Å². The van der Waals surface area contributed by atoms with Crippen LogP contribution in [-0.2, 0) is 0 Å². The van der Waals surface area contributed by atoms with Gasteiger partial charge in [0.1, 0.15) is 11.5 Å². The molecule has 0 amide bonds. The van der Waals surface area contributed by atoms with Gasteiger partial charge in [-0.1, -0.05) is 0 Å². The molecule has 0 spiro atoms. The molecule has 5 nitrogen and oxygen atoms in total. The van der Waals surface area contributed by atoms with Gasteiger partial charge in [0.15, 0.2) is 5.78 Å². The van der Waals surface area contributed by atoms with Crippen molar-refractivity contribution in [3.05, 3.63) is 23.8 Å². The highest BCUT2D eigenvalue weighted by molar-refractivity contribution is 6.00. The summed E-state index contributed by atoms with van der Waals surface area (Å²) in [6.45, 7) is 1.40. The first-order valence-corrected chi connectivity index (χ1v) is 6.94. The molecule has 0 aromatic heterocycles. The molecule has 1 aromatic carbocycles. The molecule has 0 aliphatic heterocycles. The second-order valence-electron chi connectivity index (χ2n) is 5.65. The summed E-state index contributed by atoms with van der Waals surface area (Å²) in [5.74, 6) is 1.23. The van der Waals surface area contributed by atoms with Crippen LogP contribution in [0.5, 0.6) is 11.5 Å². The summed E-state index contributed by atoms with van der Waals surface area (Å²) in [6.07, 6.45) is 0. The topological polar surface area (TPSA) is 42.0 Å². The normalized spacial score (nSPS) is 10.8. The molecule has 6 heteroatoms. The summed E-state index contributed by atoms with van der Waals surface area (Å²) in [4.78, 5) is 16.9. The zero-order valence-corrected chi connectivity index (χ0v) is 15.1. The first-order chi connectivity index (χ1) is 9.88. The third-order valence-corrected chi connectivity index (χ3v) is 3.22. The summed E-state index contributed by atoms with van der Waals surface area (Å²) in [7, 11) is 11.1. The third kappa shape index (κ3) is 5.83. The predicted octanol–water partition coefficient (Wildman–Crippen LogP) is 2.05. The fourth-order valence-electron chi connectivity index (χ4n) is 2.33. The van der Waals surface area contributed by atoms with Crippen LogP contribution in [0.15, 0.2) is 18.2 Å². The molecule has 1 aromatic rings. The van der Waals surface area contributed by atoms with Gasteiger partial charge >= 0.3 is 0 Å². The van der Waals surface area contributed by atoms with Crippen LogP contribution >= 0.6 is 12.4 Å². The van der Waals surface area contributed by atoms with Crippen molar-refractivity contribution in [3.8, 4) is 11.5 Å². The van der Waals surface area contributed by atoms with E-state index < -0.39 is 0 Å². The summed E-state index contributed by atoms with van der Waals surface area (Å²) in [6, 6.07) is 5.31. The maximum absolute atomic E-state index is 12.8. The van der Waals surface area contributed by atoms with Crippen molar-refractivity contribution in [1.29, 1.82) is 0 Å². The largest absolute Gasteiger partial charge is 0.497 e. The van der Waals surface area contributed by atoms with Gasteiger partial charge in [-0.3, -0.25) is 4.79 Å². The summed E-state index contributed by atoms with van der Waals surface area (Å²) in [5.41, 5.74) is 0.604. The number of halogens is 1. The number of ketones is 1. The van der Waals surface area contributed by atoms with Gasteiger partial charge in [-0.05, 0) is 40.3 Å². The molecule has 0 saturated carbocycles. The minimum Gasteiger partial charge on any atom is -0.497 e. The Morgan fingerprint density at radius 3 is 2.00 bits per heavy atom. The highest BCUT2D eigenvalue weighted by atomic mass is 35.5. The second kappa shape index (κ2) is 9.66. The molecule has 0 bridgehead atoms. The molecule has 0 aliphatic rings. The van der Waals surface area contributed by atoms with Crippen molar-refractivity contribution in [3.63, 3.8) is 0 Å². The van der Waals surface area contributed by atoms with Crippen LogP contribution in [0, 0.1) is 5.92 Å². The van der Waals surface area contributed by atoms with Crippen LogP contribution in [0.4, 0.5) is 0 Å². The Hall–Kier alpha value is -1.30. The molecule has 22 heavy (non-hydrogen) atoms. The molecule has 1 rings (SSSR count). The summed E-state index contributed by atoms with van der Waals surface area (Å²) >= 11 is 0. The summed E-state index contributed by atoms with van der Waals surface area (Å²) < 4.78 is 10.5. The second-order valence-corrected chi connectivity index (χ2v) is 5.65.